The van der Waals surface area contributed by atoms with E-state index in [2.05, 4.69) is 16.3 Å². The van der Waals surface area contributed by atoms with E-state index in [-0.39, 0.29) is 0 Å². The van der Waals surface area contributed by atoms with E-state index in [0.29, 0.717) is 5.69 Å². The predicted octanol–water partition coefficient (Wildman–Crippen LogP) is 0.971. The average molecular weight is 151 g/mol. The summed E-state index contributed by atoms with van der Waals surface area (Å²) in [5.41, 5.74) is -0.00463. The third-order valence-corrected chi connectivity index (χ3v) is 2.32. The van der Waals surface area contributed by atoms with E-state index in [1.807, 2.05) is 0 Å². The lowest BCUT2D eigenvalue weighted by Gasteiger charge is -2.18. The maximum atomic E-state index is 9.94. The van der Waals surface area contributed by atoms with Crippen LogP contribution in [0.5, 0.6) is 0 Å². The van der Waals surface area contributed by atoms with E-state index in [0.717, 1.165) is 25.7 Å². The summed E-state index contributed by atoms with van der Waals surface area (Å²) >= 11 is 0. The average Bonchev–Trinajstić information content (AvgIpc) is 2.55. The number of aromatic nitrogens is 2. The maximum absolute atomic E-state index is 9.94. The van der Waals surface area contributed by atoms with Crippen LogP contribution in [0.3, 0.4) is 0 Å². The number of nitrogens with one attached hydrogen (secondary N) is 1. The third kappa shape index (κ3) is 1.05. The Balaban J connectivity index is 2.27. The van der Waals surface area contributed by atoms with Gasteiger partial charge in [-0.3, -0.25) is 5.10 Å². The standard InChI is InChI=1S/C8H11N2O/c11-8(4-1-2-5-8)7-3-6-9-10-7/h6,11H,1-2,4-5H2,(H,9,10). The molecule has 0 spiro atoms. The number of aliphatic hydroxyl groups is 1. The number of hydrogen-bond acceptors (Lipinski definition) is 2. The molecular formula is C8H11N2O. The molecule has 0 amide bonds. The molecule has 2 rings (SSSR count). The highest BCUT2D eigenvalue weighted by molar-refractivity contribution is 5.09. The summed E-state index contributed by atoms with van der Waals surface area (Å²) in [5.74, 6) is 0. The molecular weight excluding hydrogens is 140 g/mol. The summed E-state index contributed by atoms with van der Waals surface area (Å²) in [6.07, 6.45) is 5.47. The fourth-order valence-corrected chi connectivity index (χ4v) is 1.66. The maximum Gasteiger partial charge on any atom is 0.109 e. The van der Waals surface area contributed by atoms with Crippen molar-refractivity contribution >= 4 is 0 Å². The van der Waals surface area contributed by atoms with Crippen molar-refractivity contribution in [1.82, 2.24) is 10.2 Å². The molecule has 1 aliphatic carbocycles. The van der Waals surface area contributed by atoms with Crippen LogP contribution in [0.2, 0.25) is 0 Å². The summed E-state index contributed by atoms with van der Waals surface area (Å²) in [7, 11) is 0. The zero-order chi connectivity index (χ0) is 7.73. The smallest absolute Gasteiger partial charge is 0.109 e. The van der Waals surface area contributed by atoms with E-state index in [1.54, 1.807) is 6.20 Å². The van der Waals surface area contributed by atoms with E-state index >= 15 is 0 Å². The molecule has 0 atom stereocenters. The third-order valence-electron chi connectivity index (χ3n) is 2.32. The van der Waals surface area contributed by atoms with Crippen molar-refractivity contribution in [3.05, 3.63) is 18.0 Å². The van der Waals surface area contributed by atoms with E-state index < -0.39 is 5.60 Å². The molecule has 1 aliphatic rings. The lowest BCUT2D eigenvalue weighted by molar-refractivity contribution is 0.0396. The van der Waals surface area contributed by atoms with Gasteiger partial charge in [0.2, 0.25) is 0 Å². The first kappa shape index (κ1) is 6.85. The summed E-state index contributed by atoms with van der Waals surface area (Å²) in [5, 5.41) is 16.5. The van der Waals surface area contributed by atoms with Crippen molar-refractivity contribution in [2.75, 3.05) is 0 Å². The Morgan fingerprint density at radius 2 is 2.27 bits per heavy atom. The predicted molar refractivity (Wildman–Crippen MR) is 39.8 cm³/mol. The van der Waals surface area contributed by atoms with E-state index in [9.17, 15) is 5.11 Å². The van der Waals surface area contributed by atoms with Crippen LogP contribution in [-0.4, -0.2) is 15.3 Å². The summed E-state index contributed by atoms with van der Waals surface area (Å²) in [4.78, 5) is 0. The number of aromatic amines is 1. The number of nitrogens with zero attached hydrogens (tertiary/aromatic N) is 1. The highest BCUT2D eigenvalue weighted by Gasteiger charge is 2.34. The minimum absolute atomic E-state index is 0.676. The Labute approximate surface area is 65.4 Å². The first-order valence-corrected chi connectivity index (χ1v) is 3.96. The van der Waals surface area contributed by atoms with Gasteiger partial charge in [-0.05, 0) is 12.8 Å². The van der Waals surface area contributed by atoms with Crippen molar-refractivity contribution in [2.45, 2.75) is 31.3 Å². The molecule has 1 radical (unpaired) electrons. The minimum Gasteiger partial charge on any atom is -0.383 e. The quantitative estimate of drug-likeness (QED) is 0.628. The molecule has 11 heavy (non-hydrogen) atoms. The lowest BCUT2D eigenvalue weighted by atomic mass is 9.99. The van der Waals surface area contributed by atoms with Crippen LogP contribution in [-0.2, 0) is 5.60 Å². The van der Waals surface area contributed by atoms with Crippen LogP contribution >= 0.6 is 0 Å². The van der Waals surface area contributed by atoms with Gasteiger partial charge >= 0.3 is 0 Å². The second-order valence-electron chi connectivity index (χ2n) is 3.12. The molecule has 0 bridgehead atoms. The zero-order valence-corrected chi connectivity index (χ0v) is 6.30. The van der Waals surface area contributed by atoms with Gasteiger partial charge in [0.15, 0.2) is 0 Å². The van der Waals surface area contributed by atoms with E-state index in [4.69, 9.17) is 0 Å². The summed E-state index contributed by atoms with van der Waals surface area (Å²) < 4.78 is 0. The van der Waals surface area contributed by atoms with Crippen molar-refractivity contribution in [1.29, 1.82) is 0 Å². The number of H-pyrrole nitrogens is 1. The largest absolute Gasteiger partial charge is 0.383 e. The van der Waals surface area contributed by atoms with Crippen molar-refractivity contribution in [3.8, 4) is 0 Å². The molecule has 0 saturated heterocycles. The van der Waals surface area contributed by atoms with E-state index in [1.165, 1.54) is 0 Å². The topological polar surface area (TPSA) is 48.9 Å². The van der Waals surface area contributed by atoms with Gasteiger partial charge in [0.1, 0.15) is 11.3 Å². The molecule has 3 nitrogen and oxygen atoms in total. The van der Waals surface area contributed by atoms with Gasteiger partial charge < -0.3 is 5.11 Å². The first-order valence-electron chi connectivity index (χ1n) is 3.96. The molecule has 2 N–H and O–H groups in total. The van der Waals surface area contributed by atoms with Gasteiger partial charge in [-0.15, -0.1) is 0 Å². The molecule has 1 heterocycles. The zero-order valence-electron chi connectivity index (χ0n) is 6.30. The van der Waals surface area contributed by atoms with Crippen molar-refractivity contribution in [2.24, 2.45) is 0 Å². The van der Waals surface area contributed by atoms with Gasteiger partial charge in [-0.1, -0.05) is 12.8 Å². The van der Waals surface area contributed by atoms with Crippen molar-refractivity contribution in [3.63, 3.8) is 0 Å². The lowest BCUT2D eigenvalue weighted by Crippen LogP contribution is -2.21. The highest BCUT2D eigenvalue weighted by atomic mass is 16.3. The van der Waals surface area contributed by atoms with Gasteiger partial charge in [0.25, 0.3) is 0 Å². The Morgan fingerprint density at radius 1 is 1.55 bits per heavy atom. The van der Waals surface area contributed by atoms with Crippen LogP contribution in [0.25, 0.3) is 0 Å². The second-order valence-corrected chi connectivity index (χ2v) is 3.12. The Kier molecular flexibility index (Phi) is 1.46. The van der Waals surface area contributed by atoms with Crippen LogP contribution in [0.15, 0.2) is 6.20 Å². The van der Waals surface area contributed by atoms with Crippen LogP contribution in [0, 0.1) is 6.07 Å². The molecule has 1 aromatic rings. The Morgan fingerprint density at radius 3 is 2.82 bits per heavy atom. The molecule has 0 aromatic carbocycles. The molecule has 59 valence electrons. The monoisotopic (exact) mass is 151 g/mol. The Bertz CT molecular complexity index is 224. The Hall–Kier alpha value is -0.830. The first-order chi connectivity index (χ1) is 5.31. The fraction of sp³-hybridized carbons (Fsp3) is 0.625. The SMILES string of the molecule is OC1(c2[c]c[nH]n2)CCCC1. The summed E-state index contributed by atoms with van der Waals surface area (Å²) in [6.45, 7) is 0. The van der Waals surface area contributed by atoms with Gasteiger partial charge in [-0.2, -0.15) is 5.10 Å². The highest BCUT2D eigenvalue weighted by Crippen LogP contribution is 2.36. The molecule has 0 aliphatic heterocycles. The van der Waals surface area contributed by atoms with Crippen LogP contribution in [0.1, 0.15) is 31.4 Å². The molecule has 0 unspecified atom stereocenters. The molecule has 1 fully saturated rings. The molecule has 1 saturated carbocycles. The van der Waals surface area contributed by atoms with Crippen LogP contribution < -0.4 is 0 Å². The molecule has 3 heteroatoms. The van der Waals surface area contributed by atoms with Gasteiger partial charge in [-0.25, -0.2) is 0 Å². The van der Waals surface area contributed by atoms with Crippen LogP contribution in [0.4, 0.5) is 0 Å². The van der Waals surface area contributed by atoms with Gasteiger partial charge in [0, 0.05) is 12.3 Å². The fourth-order valence-electron chi connectivity index (χ4n) is 1.66. The summed E-state index contributed by atoms with van der Waals surface area (Å²) in [6, 6.07) is 2.90. The number of hydrogen-bond donors (Lipinski definition) is 2. The van der Waals surface area contributed by atoms with Gasteiger partial charge in [0.05, 0.1) is 0 Å². The number of rotatable bonds is 1. The second kappa shape index (κ2) is 2.34. The van der Waals surface area contributed by atoms with Crippen molar-refractivity contribution < 1.29 is 5.11 Å². The normalized spacial score (nSPS) is 22.3. The molecule has 1 aromatic heterocycles. The minimum atomic E-state index is -0.681.